The Morgan fingerprint density at radius 1 is 1.20 bits per heavy atom. The minimum Gasteiger partial charge on any atom is -0.481 e. The molecule has 0 radical (unpaired) electrons. The first kappa shape index (κ1) is 22.6. The Bertz CT molecular complexity index is 924. The molecular weight excluding hydrogens is 422 g/mol. The maximum Gasteiger partial charge on any atom is 0.341 e. The molecule has 1 heterocycles. The highest BCUT2D eigenvalue weighted by atomic mass is 35.5. The molecule has 7 heteroatoms. The third-order valence-electron chi connectivity index (χ3n) is 5.20. The number of hydrogen-bond donors (Lipinski definition) is 1. The lowest BCUT2D eigenvalue weighted by Gasteiger charge is -2.16. The van der Waals surface area contributed by atoms with Crippen LogP contribution in [0.2, 0.25) is 5.02 Å². The second-order valence-corrected chi connectivity index (χ2v) is 9.04. The smallest absolute Gasteiger partial charge is 0.341 e. The number of thiophene rings is 1. The zero-order valence-corrected chi connectivity index (χ0v) is 19.3. The predicted octanol–water partition coefficient (Wildman–Crippen LogP) is 5.95. The number of amides is 1. The summed E-state index contributed by atoms with van der Waals surface area (Å²) in [6, 6.07) is 5.27. The van der Waals surface area contributed by atoms with E-state index in [0.717, 1.165) is 43.2 Å². The van der Waals surface area contributed by atoms with Gasteiger partial charge >= 0.3 is 5.97 Å². The summed E-state index contributed by atoms with van der Waals surface area (Å²) in [5, 5.41) is 4.11. The summed E-state index contributed by atoms with van der Waals surface area (Å²) in [5.41, 5.74) is 2.41. The highest BCUT2D eigenvalue weighted by molar-refractivity contribution is 7.17. The van der Waals surface area contributed by atoms with Gasteiger partial charge in [0.1, 0.15) is 10.8 Å². The van der Waals surface area contributed by atoms with Crippen molar-refractivity contribution in [1.82, 2.24) is 0 Å². The summed E-state index contributed by atoms with van der Waals surface area (Å²) >= 11 is 7.48. The van der Waals surface area contributed by atoms with E-state index in [1.165, 1.54) is 22.6 Å². The summed E-state index contributed by atoms with van der Waals surface area (Å²) in [5.74, 6) is -0.0665. The summed E-state index contributed by atoms with van der Waals surface area (Å²) in [6.07, 6.45) is 5.52. The number of carbonyl (C=O) groups excluding carboxylic acids is 2. The number of esters is 1. The SMILES string of the molecule is CCOC(=O)c1c(NC(=O)[C@H](C)Oc2ccc(Cl)cc2C)sc2c1CCCCCC2. The second-order valence-electron chi connectivity index (χ2n) is 7.50. The summed E-state index contributed by atoms with van der Waals surface area (Å²) in [4.78, 5) is 26.7. The molecule has 1 amide bonds. The average molecular weight is 450 g/mol. The number of carbonyl (C=O) groups is 2. The number of ether oxygens (including phenoxy) is 2. The van der Waals surface area contributed by atoms with E-state index in [2.05, 4.69) is 5.32 Å². The van der Waals surface area contributed by atoms with Crippen LogP contribution in [-0.4, -0.2) is 24.6 Å². The first-order valence-corrected chi connectivity index (χ1v) is 11.7. The van der Waals surface area contributed by atoms with E-state index in [9.17, 15) is 9.59 Å². The average Bonchev–Trinajstić information content (AvgIpc) is 3.00. The standard InChI is InChI=1S/C23H28ClNO4S/c1-4-28-23(27)20-17-9-7-5-6-8-10-19(17)30-22(20)25-21(26)15(3)29-18-12-11-16(24)13-14(18)2/h11-13,15H,4-10H2,1-3H3,(H,25,26)/t15-/m0/s1. The molecule has 0 aliphatic heterocycles. The van der Waals surface area contributed by atoms with E-state index >= 15 is 0 Å². The van der Waals surface area contributed by atoms with Crippen LogP contribution in [0.3, 0.4) is 0 Å². The number of halogens is 1. The minimum absolute atomic E-state index is 0.298. The van der Waals surface area contributed by atoms with Crippen molar-refractivity contribution in [3.63, 3.8) is 0 Å². The van der Waals surface area contributed by atoms with Crippen molar-refractivity contribution in [3.8, 4) is 5.75 Å². The lowest BCUT2D eigenvalue weighted by atomic mass is 9.96. The molecule has 0 spiro atoms. The van der Waals surface area contributed by atoms with Crippen molar-refractivity contribution in [2.24, 2.45) is 0 Å². The van der Waals surface area contributed by atoms with E-state index in [0.29, 0.717) is 27.9 Å². The van der Waals surface area contributed by atoms with Gasteiger partial charge < -0.3 is 14.8 Å². The molecule has 2 aromatic rings. The van der Waals surface area contributed by atoms with Crippen LogP contribution in [0.4, 0.5) is 5.00 Å². The lowest BCUT2D eigenvalue weighted by molar-refractivity contribution is -0.122. The van der Waals surface area contributed by atoms with Gasteiger partial charge in [-0.05, 0) is 75.8 Å². The molecule has 5 nitrogen and oxygen atoms in total. The van der Waals surface area contributed by atoms with Gasteiger partial charge in [0.25, 0.3) is 5.91 Å². The molecule has 0 saturated carbocycles. The molecule has 1 aromatic carbocycles. The van der Waals surface area contributed by atoms with Gasteiger partial charge in [-0.25, -0.2) is 4.79 Å². The summed E-state index contributed by atoms with van der Waals surface area (Å²) in [6.45, 7) is 5.66. The molecule has 162 valence electrons. The van der Waals surface area contributed by atoms with Crippen LogP contribution in [-0.2, 0) is 22.4 Å². The van der Waals surface area contributed by atoms with Gasteiger partial charge in [-0.2, -0.15) is 0 Å². The van der Waals surface area contributed by atoms with Crippen LogP contribution >= 0.6 is 22.9 Å². The molecular formula is C23H28ClNO4S. The van der Waals surface area contributed by atoms with Crippen LogP contribution in [0, 0.1) is 6.92 Å². The second kappa shape index (κ2) is 10.3. The van der Waals surface area contributed by atoms with Gasteiger partial charge in [-0.15, -0.1) is 11.3 Å². The van der Waals surface area contributed by atoms with Crippen molar-refractivity contribution in [3.05, 3.63) is 44.8 Å². The monoisotopic (exact) mass is 449 g/mol. The van der Waals surface area contributed by atoms with E-state index in [4.69, 9.17) is 21.1 Å². The fourth-order valence-electron chi connectivity index (χ4n) is 3.63. The number of nitrogens with one attached hydrogen (secondary N) is 1. The first-order chi connectivity index (χ1) is 14.4. The molecule has 1 aliphatic rings. The van der Waals surface area contributed by atoms with Crippen molar-refractivity contribution >= 4 is 39.8 Å². The molecule has 1 N–H and O–H groups in total. The van der Waals surface area contributed by atoms with Gasteiger partial charge in [0.2, 0.25) is 0 Å². The van der Waals surface area contributed by atoms with Gasteiger partial charge in [-0.1, -0.05) is 24.4 Å². The third kappa shape index (κ3) is 5.35. The Morgan fingerprint density at radius 3 is 2.63 bits per heavy atom. The van der Waals surface area contributed by atoms with E-state index in [1.807, 2.05) is 6.92 Å². The van der Waals surface area contributed by atoms with Gasteiger partial charge in [0.05, 0.1) is 12.2 Å². The normalized spacial score (nSPS) is 14.8. The molecule has 3 rings (SSSR count). The van der Waals surface area contributed by atoms with Crippen molar-refractivity contribution in [2.45, 2.75) is 65.4 Å². The van der Waals surface area contributed by atoms with Crippen LogP contribution in [0.5, 0.6) is 5.75 Å². The minimum atomic E-state index is -0.732. The van der Waals surface area contributed by atoms with E-state index in [-0.39, 0.29) is 11.9 Å². The Hall–Kier alpha value is -2.05. The molecule has 30 heavy (non-hydrogen) atoms. The number of rotatable bonds is 6. The van der Waals surface area contributed by atoms with Crippen LogP contribution in [0.1, 0.15) is 65.9 Å². The zero-order chi connectivity index (χ0) is 21.7. The van der Waals surface area contributed by atoms with Gasteiger partial charge in [0.15, 0.2) is 6.10 Å². The Morgan fingerprint density at radius 2 is 1.93 bits per heavy atom. The first-order valence-electron chi connectivity index (χ1n) is 10.5. The Labute approximate surface area is 186 Å². The molecule has 0 saturated heterocycles. The molecule has 1 aliphatic carbocycles. The lowest BCUT2D eigenvalue weighted by Crippen LogP contribution is -2.30. The molecule has 0 unspecified atom stereocenters. The maximum absolute atomic E-state index is 12.9. The maximum atomic E-state index is 12.9. The number of hydrogen-bond acceptors (Lipinski definition) is 5. The quantitative estimate of drug-likeness (QED) is 0.553. The molecule has 1 atom stereocenters. The van der Waals surface area contributed by atoms with Crippen LogP contribution in [0.25, 0.3) is 0 Å². The van der Waals surface area contributed by atoms with Crippen molar-refractivity contribution < 1.29 is 19.1 Å². The van der Waals surface area contributed by atoms with E-state index in [1.54, 1.807) is 32.0 Å². The van der Waals surface area contributed by atoms with Crippen molar-refractivity contribution in [1.29, 1.82) is 0 Å². The molecule has 0 bridgehead atoms. The van der Waals surface area contributed by atoms with E-state index < -0.39 is 6.10 Å². The van der Waals surface area contributed by atoms with Crippen LogP contribution in [0.15, 0.2) is 18.2 Å². The predicted molar refractivity (Wildman–Crippen MR) is 121 cm³/mol. The highest BCUT2D eigenvalue weighted by Crippen LogP contribution is 2.37. The fraction of sp³-hybridized carbons (Fsp3) is 0.478. The number of benzene rings is 1. The van der Waals surface area contributed by atoms with Crippen LogP contribution < -0.4 is 10.1 Å². The van der Waals surface area contributed by atoms with Gasteiger partial charge in [-0.3, -0.25) is 4.79 Å². The fourth-order valence-corrected chi connectivity index (χ4v) is 5.14. The topological polar surface area (TPSA) is 64.6 Å². The summed E-state index contributed by atoms with van der Waals surface area (Å²) in [7, 11) is 0. The van der Waals surface area contributed by atoms with Gasteiger partial charge in [0, 0.05) is 9.90 Å². The molecule has 0 fully saturated rings. The Kier molecular flexibility index (Phi) is 7.78. The largest absolute Gasteiger partial charge is 0.481 e. The summed E-state index contributed by atoms with van der Waals surface area (Å²) < 4.78 is 11.1. The zero-order valence-electron chi connectivity index (χ0n) is 17.7. The number of aryl methyl sites for hydroxylation is 2. The number of fused-ring (bicyclic) bond motifs is 1. The van der Waals surface area contributed by atoms with Crippen molar-refractivity contribution in [2.75, 3.05) is 11.9 Å². The highest BCUT2D eigenvalue weighted by Gasteiger charge is 2.27. The molecule has 1 aromatic heterocycles. The number of anilines is 1. The Balaban J connectivity index is 1.82. The third-order valence-corrected chi connectivity index (χ3v) is 6.64.